The maximum atomic E-state index is 6.10. The monoisotopic (exact) mass is 311 g/mol. The van der Waals surface area contributed by atoms with E-state index in [4.69, 9.17) is 34.8 Å². The number of hydrogen-bond donors (Lipinski definition) is 0. The molecule has 0 aliphatic carbocycles. The first kappa shape index (κ1) is 12.7. The third-order valence-electron chi connectivity index (χ3n) is 2.92. The Hall–Kier alpha value is -1.29. The van der Waals surface area contributed by atoms with E-state index in [0.29, 0.717) is 15.2 Å². The molecule has 1 aromatic carbocycles. The van der Waals surface area contributed by atoms with Crippen LogP contribution in [0.2, 0.25) is 15.2 Å². The van der Waals surface area contributed by atoms with Crippen LogP contribution in [0, 0.1) is 0 Å². The smallest absolute Gasteiger partial charge is 0.143 e. The lowest BCUT2D eigenvalue weighted by Crippen LogP contribution is -1.93. The van der Waals surface area contributed by atoms with Crippen LogP contribution in [-0.2, 0) is 7.05 Å². The first-order valence-corrected chi connectivity index (χ1v) is 6.63. The highest BCUT2D eigenvalue weighted by Crippen LogP contribution is 2.32. The summed E-state index contributed by atoms with van der Waals surface area (Å²) in [5.74, 6) is 0.728. The lowest BCUT2D eigenvalue weighted by atomic mass is 10.3. The lowest BCUT2D eigenvalue weighted by Gasteiger charge is -2.03. The van der Waals surface area contributed by atoms with Crippen molar-refractivity contribution in [1.29, 1.82) is 0 Å². The van der Waals surface area contributed by atoms with E-state index < -0.39 is 0 Å². The van der Waals surface area contributed by atoms with Crippen molar-refractivity contribution in [2.75, 3.05) is 0 Å². The number of rotatable bonds is 1. The number of pyridine rings is 1. The van der Waals surface area contributed by atoms with Crippen LogP contribution >= 0.6 is 34.8 Å². The SMILES string of the molecule is Cn1c(-c2cccnc2Cl)nc2cc(Cl)c(Cl)cc21. The zero-order chi connectivity index (χ0) is 13.6. The summed E-state index contributed by atoms with van der Waals surface area (Å²) < 4.78 is 1.92. The molecule has 0 saturated carbocycles. The first-order chi connectivity index (χ1) is 9.08. The molecular formula is C13H8Cl3N3. The normalized spacial score (nSPS) is 11.2. The molecule has 0 N–H and O–H groups in total. The third kappa shape index (κ3) is 2.08. The van der Waals surface area contributed by atoms with Crippen LogP contribution < -0.4 is 0 Å². The number of hydrogen-bond acceptors (Lipinski definition) is 2. The van der Waals surface area contributed by atoms with E-state index in [1.807, 2.05) is 23.7 Å². The molecular weight excluding hydrogens is 305 g/mol. The Labute approximate surface area is 124 Å². The molecule has 3 nitrogen and oxygen atoms in total. The number of nitrogens with zero attached hydrogens (tertiary/aromatic N) is 3. The van der Waals surface area contributed by atoms with Crippen molar-refractivity contribution in [3.05, 3.63) is 45.7 Å². The van der Waals surface area contributed by atoms with Gasteiger partial charge in [-0.05, 0) is 24.3 Å². The van der Waals surface area contributed by atoms with Crippen LogP contribution in [0.25, 0.3) is 22.4 Å². The van der Waals surface area contributed by atoms with Crippen molar-refractivity contribution in [3.63, 3.8) is 0 Å². The molecule has 0 aliphatic rings. The van der Waals surface area contributed by atoms with Crippen LogP contribution in [0.3, 0.4) is 0 Å². The van der Waals surface area contributed by atoms with Crippen LogP contribution in [0.1, 0.15) is 0 Å². The number of halogens is 3. The van der Waals surface area contributed by atoms with E-state index in [-0.39, 0.29) is 0 Å². The number of aromatic nitrogens is 3. The summed E-state index contributed by atoms with van der Waals surface area (Å²) in [6.07, 6.45) is 1.64. The second-order valence-corrected chi connectivity index (χ2v) is 5.26. The van der Waals surface area contributed by atoms with Gasteiger partial charge in [0.15, 0.2) is 0 Å². The van der Waals surface area contributed by atoms with Crippen molar-refractivity contribution in [2.45, 2.75) is 0 Å². The molecule has 0 atom stereocenters. The predicted molar refractivity (Wildman–Crippen MR) is 79.0 cm³/mol. The summed E-state index contributed by atoms with van der Waals surface area (Å²) in [6.45, 7) is 0. The van der Waals surface area contributed by atoms with Gasteiger partial charge in [-0.2, -0.15) is 0 Å². The molecule has 6 heteroatoms. The Morgan fingerprint density at radius 2 is 1.84 bits per heavy atom. The summed E-state index contributed by atoms with van der Waals surface area (Å²) in [5.41, 5.74) is 2.44. The van der Waals surface area contributed by atoms with E-state index in [1.54, 1.807) is 18.3 Å². The van der Waals surface area contributed by atoms with E-state index in [2.05, 4.69) is 9.97 Å². The predicted octanol–water partition coefficient (Wildman–Crippen LogP) is 4.60. The van der Waals surface area contributed by atoms with Crippen molar-refractivity contribution >= 4 is 45.8 Å². The molecule has 0 bridgehead atoms. The Morgan fingerprint density at radius 1 is 1.11 bits per heavy atom. The Morgan fingerprint density at radius 3 is 2.58 bits per heavy atom. The van der Waals surface area contributed by atoms with E-state index >= 15 is 0 Å². The second-order valence-electron chi connectivity index (χ2n) is 4.09. The van der Waals surface area contributed by atoms with Gasteiger partial charge in [-0.15, -0.1) is 0 Å². The maximum absolute atomic E-state index is 6.10. The molecule has 0 fully saturated rings. The Bertz CT molecular complexity index is 780. The van der Waals surface area contributed by atoms with E-state index in [1.165, 1.54) is 0 Å². The minimum atomic E-state index is 0.415. The van der Waals surface area contributed by atoms with Crippen molar-refractivity contribution in [1.82, 2.24) is 14.5 Å². The summed E-state index contributed by atoms with van der Waals surface area (Å²) in [4.78, 5) is 8.60. The molecule has 0 spiro atoms. The molecule has 3 aromatic rings. The molecule has 0 saturated heterocycles. The molecule has 0 radical (unpaired) electrons. The summed E-state index contributed by atoms with van der Waals surface area (Å²) in [7, 11) is 1.90. The highest BCUT2D eigenvalue weighted by atomic mass is 35.5. The number of benzene rings is 1. The molecule has 0 amide bonds. The molecule has 0 aliphatic heterocycles. The molecule has 3 rings (SSSR count). The van der Waals surface area contributed by atoms with Gasteiger partial charge in [-0.3, -0.25) is 0 Å². The van der Waals surface area contributed by atoms with Gasteiger partial charge < -0.3 is 4.57 Å². The lowest BCUT2D eigenvalue weighted by molar-refractivity contribution is 0.957. The molecule has 2 aromatic heterocycles. The molecule has 19 heavy (non-hydrogen) atoms. The number of fused-ring (bicyclic) bond motifs is 1. The summed E-state index contributed by atoms with van der Waals surface area (Å²) in [5, 5.41) is 1.40. The van der Waals surface area contributed by atoms with E-state index in [0.717, 1.165) is 22.4 Å². The highest BCUT2D eigenvalue weighted by molar-refractivity contribution is 6.42. The topological polar surface area (TPSA) is 30.7 Å². The average Bonchev–Trinajstić information content (AvgIpc) is 2.68. The highest BCUT2D eigenvalue weighted by Gasteiger charge is 2.14. The maximum Gasteiger partial charge on any atom is 0.143 e. The summed E-state index contributed by atoms with van der Waals surface area (Å²) >= 11 is 18.1. The standard InChI is InChI=1S/C13H8Cl3N3/c1-19-11-6-9(15)8(14)5-10(11)18-13(19)7-3-2-4-17-12(7)16/h2-6H,1H3. The van der Waals surface area contributed by atoms with Gasteiger partial charge in [0.1, 0.15) is 11.0 Å². The molecule has 0 unspecified atom stereocenters. The van der Waals surface area contributed by atoms with E-state index in [9.17, 15) is 0 Å². The number of imidazole rings is 1. The fourth-order valence-electron chi connectivity index (χ4n) is 1.98. The largest absolute Gasteiger partial charge is 0.327 e. The third-order valence-corrected chi connectivity index (χ3v) is 3.95. The van der Waals surface area contributed by atoms with Crippen LogP contribution in [0.4, 0.5) is 0 Å². The van der Waals surface area contributed by atoms with Gasteiger partial charge in [0, 0.05) is 13.2 Å². The zero-order valence-electron chi connectivity index (χ0n) is 9.86. The number of aryl methyl sites for hydroxylation is 1. The average molecular weight is 313 g/mol. The minimum absolute atomic E-state index is 0.415. The second kappa shape index (κ2) is 4.67. The Kier molecular flexibility index (Phi) is 3.13. The van der Waals surface area contributed by atoms with Crippen molar-refractivity contribution in [3.8, 4) is 11.4 Å². The quantitative estimate of drug-likeness (QED) is 0.615. The van der Waals surface area contributed by atoms with Gasteiger partial charge in [0.05, 0.1) is 26.6 Å². The molecule has 96 valence electrons. The van der Waals surface area contributed by atoms with Crippen molar-refractivity contribution in [2.24, 2.45) is 7.05 Å². The minimum Gasteiger partial charge on any atom is -0.327 e. The summed E-state index contributed by atoms with van der Waals surface area (Å²) in [6, 6.07) is 7.23. The van der Waals surface area contributed by atoms with Crippen molar-refractivity contribution < 1.29 is 0 Å². The van der Waals surface area contributed by atoms with Crippen LogP contribution in [0.5, 0.6) is 0 Å². The fraction of sp³-hybridized carbons (Fsp3) is 0.0769. The first-order valence-electron chi connectivity index (χ1n) is 5.50. The van der Waals surface area contributed by atoms with Crippen LogP contribution in [0.15, 0.2) is 30.5 Å². The fourth-order valence-corrected chi connectivity index (χ4v) is 2.50. The van der Waals surface area contributed by atoms with Gasteiger partial charge in [0.2, 0.25) is 0 Å². The van der Waals surface area contributed by atoms with Crippen LogP contribution in [-0.4, -0.2) is 14.5 Å². The van der Waals surface area contributed by atoms with Gasteiger partial charge in [-0.1, -0.05) is 34.8 Å². The van der Waals surface area contributed by atoms with Gasteiger partial charge in [-0.25, -0.2) is 9.97 Å². The van der Waals surface area contributed by atoms with Gasteiger partial charge >= 0.3 is 0 Å². The zero-order valence-corrected chi connectivity index (χ0v) is 12.1. The molecule has 2 heterocycles. The Balaban J connectivity index is 2.32. The van der Waals surface area contributed by atoms with Gasteiger partial charge in [0.25, 0.3) is 0 Å².